The van der Waals surface area contributed by atoms with Crippen LogP contribution in [0.2, 0.25) is 0 Å². The maximum atomic E-state index is 13.2. The van der Waals surface area contributed by atoms with E-state index in [9.17, 15) is 4.39 Å². The Balaban J connectivity index is 1.89. The molecule has 0 heterocycles. The van der Waals surface area contributed by atoms with E-state index in [1.165, 1.54) is 22.9 Å². The second kappa shape index (κ2) is 5.21. The van der Waals surface area contributed by atoms with Gasteiger partial charge in [0.05, 0.1) is 11.4 Å². The highest BCUT2D eigenvalue weighted by molar-refractivity contribution is 5.86. The molecule has 0 fully saturated rings. The number of nitrogens with two attached hydrogens (primary N) is 1. The van der Waals surface area contributed by atoms with Gasteiger partial charge in [0, 0.05) is 6.54 Å². The number of rotatable bonds is 3. The van der Waals surface area contributed by atoms with Crippen LogP contribution >= 0.6 is 0 Å². The Hall–Kier alpha value is -2.55. The lowest BCUT2D eigenvalue weighted by molar-refractivity contribution is 0.628. The molecule has 3 heteroatoms. The second-order valence-corrected chi connectivity index (χ2v) is 4.72. The van der Waals surface area contributed by atoms with Gasteiger partial charge < -0.3 is 11.1 Å². The molecule has 0 aromatic heterocycles. The fourth-order valence-corrected chi connectivity index (χ4v) is 2.32. The normalized spacial score (nSPS) is 10.7. The van der Waals surface area contributed by atoms with Crippen molar-refractivity contribution in [2.75, 3.05) is 11.1 Å². The largest absolute Gasteiger partial charge is 0.397 e. The quantitative estimate of drug-likeness (QED) is 0.698. The molecule has 3 aromatic carbocycles. The van der Waals surface area contributed by atoms with Crippen LogP contribution < -0.4 is 11.1 Å². The molecule has 0 spiro atoms. The van der Waals surface area contributed by atoms with Gasteiger partial charge in [-0.05, 0) is 34.5 Å². The zero-order chi connectivity index (χ0) is 13.9. The fraction of sp³-hybridized carbons (Fsp3) is 0.0588. The Bertz CT molecular complexity index is 748. The summed E-state index contributed by atoms with van der Waals surface area (Å²) in [5.74, 6) is -0.292. The van der Waals surface area contributed by atoms with Crippen LogP contribution in [0, 0.1) is 5.82 Å². The van der Waals surface area contributed by atoms with Crippen molar-refractivity contribution in [1.82, 2.24) is 0 Å². The maximum Gasteiger partial charge on any atom is 0.125 e. The molecular weight excluding hydrogens is 251 g/mol. The van der Waals surface area contributed by atoms with Crippen LogP contribution in [0.4, 0.5) is 15.8 Å². The van der Waals surface area contributed by atoms with Gasteiger partial charge >= 0.3 is 0 Å². The highest BCUT2D eigenvalue weighted by atomic mass is 19.1. The van der Waals surface area contributed by atoms with Crippen molar-refractivity contribution in [3.05, 3.63) is 72.0 Å². The van der Waals surface area contributed by atoms with Crippen molar-refractivity contribution in [2.24, 2.45) is 0 Å². The fourth-order valence-electron chi connectivity index (χ4n) is 2.32. The number of hydrogen-bond donors (Lipinski definition) is 2. The van der Waals surface area contributed by atoms with Gasteiger partial charge in [-0.3, -0.25) is 0 Å². The molecule has 3 aromatic rings. The number of benzene rings is 3. The third kappa shape index (κ3) is 2.43. The maximum absolute atomic E-state index is 13.2. The van der Waals surface area contributed by atoms with Gasteiger partial charge in [0.25, 0.3) is 0 Å². The Morgan fingerprint density at radius 3 is 2.65 bits per heavy atom. The first kappa shape index (κ1) is 12.5. The van der Waals surface area contributed by atoms with E-state index in [-0.39, 0.29) is 5.82 Å². The van der Waals surface area contributed by atoms with Crippen LogP contribution in [-0.4, -0.2) is 0 Å². The summed E-state index contributed by atoms with van der Waals surface area (Å²) >= 11 is 0. The van der Waals surface area contributed by atoms with E-state index < -0.39 is 0 Å². The molecule has 0 amide bonds. The molecule has 100 valence electrons. The van der Waals surface area contributed by atoms with Gasteiger partial charge in [0.2, 0.25) is 0 Å². The van der Waals surface area contributed by atoms with Crippen LogP contribution in [0.3, 0.4) is 0 Å². The van der Waals surface area contributed by atoms with Crippen LogP contribution in [0.5, 0.6) is 0 Å². The molecule has 0 saturated heterocycles. The first-order valence-electron chi connectivity index (χ1n) is 6.49. The van der Waals surface area contributed by atoms with Crippen molar-refractivity contribution in [3.8, 4) is 0 Å². The summed E-state index contributed by atoms with van der Waals surface area (Å²) in [5.41, 5.74) is 8.17. The van der Waals surface area contributed by atoms with E-state index in [1.807, 2.05) is 18.2 Å². The second-order valence-electron chi connectivity index (χ2n) is 4.72. The highest BCUT2D eigenvalue weighted by Crippen LogP contribution is 2.23. The standard InChI is InChI=1S/C17H15FN2/c18-14-8-9-16(19)17(10-14)20-11-13-6-3-5-12-4-1-2-7-15(12)13/h1-10,20H,11,19H2. The molecule has 0 radical (unpaired) electrons. The number of nitrogens with one attached hydrogen (secondary N) is 1. The first-order chi connectivity index (χ1) is 9.74. The molecule has 0 unspecified atom stereocenters. The zero-order valence-electron chi connectivity index (χ0n) is 10.9. The summed E-state index contributed by atoms with van der Waals surface area (Å²) in [6.07, 6.45) is 0. The zero-order valence-corrected chi connectivity index (χ0v) is 10.9. The molecule has 3 rings (SSSR count). The van der Waals surface area contributed by atoms with Crippen LogP contribution in [0.1, 0.15) is 5.56 Å². The minimum Gasteiger partial charge on any atom is -0.397 e. The monoisotopic (exact) mass is 266 g/mol. The lowest BCUT2D eigenvalue weighted by Crippen LogP contribution is -2.03. The molecule has 0 aliphatic rings. The van der Waals surface area contributed by atoms with Gasteiger partial charge in [-0.2, -0.15) is 0 Å². The van der Waals surface area contributed by atoms with Gasteiger partial charge in [0.15, 0.2) is 0 Å². The number of anilines is 2. The molecule has 2 nitrogen and oxygen atoms in total. The average molecular weight is 266 g/mol. The first-order valence-corrected chi connectivity index (χ1v) is 6.49. The van der Waals surface area contributed by atoms with E-state index in [2.05, 4.69) is 29.6 Å². The molecule has 0 aliphatic heterocycles. The van der Waals surface area contributed by atoms with Crippen molar-refractivity contribution in [3.63, 3.8) is 0 Å². The molecule has 0 aliphatic carbocycles. The minimum absolute atomic E-state index is 0.292. The lowest BCUT2D eigenvalue weighted by atomic mass is 10.0. The predicted octanol–water partition coefficient (Wildman–Crippen LogP) is 4.17. The molecule has 0 saturated carbocycles. The van der Waals surface area contributed by atoms with Gasteiger partial charge in [-0.25, -0.2) is 4.39 Å². The summed E-state index contributed by atoms with van der Waals surface area (Å²) < 4.78 is 13.2. The summed E-state index contributed by atoms with van der Waals surface area (Å²) in [6.45, 7) is 0.606. The number of fused-ring (bicyclic) bond motifs is 1. The van der Waals surface area contributed by atoms with Crippen molar-refractivity contribution in [2.45, 2.75) is 6.54 Å². The Labute approximate surface area is 117 Å². The van der Waals surface area contributed by atoms with Crippen molar-refractivity contribution < 1.29 is 4.39 Å². The SMILES string of the molecule is Nc1ccc(F)cc1NCc1cccc2ccccc12. The van der Waals surface area contributed by atoms with Crippen LogP contribution in [-0.2, 0) is 6.54 Å². The smallest absolute Gasteiger partial charge is 0.125 e. The Morgan fingerprint density at radius 2 is 1.75 bits per heavy atom. The van der Waals surface area contributed by atoms with E-state index in [1.54, 1.807) is 6.07 Å². The van der Waals surface area contributed by atoms with Gasteiger partial charge in [-0.1, -0.05) is 42.5 Å². The lowest BCUT2D eigenvalue weighted by Gasteiger charge is -2.11. The summed E-state index contributed by atoms with van der Waals surface area (Å²) in [4.78, 5) is 0. The van der Waals surface area contributed by atoms with E-state index in [0.717, 1.165) is 5.56 Å². The Kier molecular flexibility index (Phi) is 3.25. The minimum atomic E-state index is -0.292. The molecule has 0 atom stereocenters. The van der Waals surface area contributed by atoms with E-state index in [0.29, 0.717) is 17.9 Å². The third-order valence-electron chi connectivity index (χ3n) is 3.36. The highest BCUT2D eigenvalue weighted by Gasteiger charge is 2.03. The summed E-state index contributed by atoms with van der Waals surface area (Å²) in [6, 6.07) is 18.7. The topological polar surface area (TPSA) is 38.0 Å². The molecule has 3 N–H and O–H groups in total. The van der Waals surface area contributed by atoms with Gasteiger partial charge in [0.1, 0.15) is 5.82 Å². The van der Waals surface area contributed by atoms with E-state index >= 15 is 0 Å². The van der Waals surface area contributed by atoms with Crippen molar-refractivity contribution >= 4 is 22.1 Å². The number of nitrogen functional groups attached to an aromatic ring is 1. The molecule has 0 bridgehead atoms. The molecule has 20 heavy (non-hydrogen) atoms. The molecular formula is C17H15FN2. The van der Waals surface area contributed by atoms with Crippen LogP contribution in [0.15, 0.2) is 60.7 Å². The Morgan fingerprint density at radius 1 is 0.950 bits per heavy atom. The summed E-state index contributed by atoms with van der Waals surface area (Å²) in [5, 5.41) is 5.58. The number of halogens is 1. The van der Waals surface area contributed by atoms with Gasteiger partial charge in [-0.15, -0.1) is 0 Å². The third-order valence-corrected chi connectivity index (χ3v) is 3.36. The van der Waals surface area contributed by atoms with E-state index in [4.69, 9.17) is 5.73 Å². The summed E-state index contributed by atoms with van der Waals surface area (Å²) in [7, 11) is 0. The predicted molar refractivity (Wildman–Crippen MR) is 82.1 cm³/mol. The number of hydrogen-bond acceptors (Lipinski definition) is 2. The average Bonchev–Trinajstić information content (AvgIpc) is 2.48. The van der Waals surface area contributed by atoms with Crippen molar-refractivity contribution in [1.29, 1.82) is 0 Å². The van der Waals surface area contributed by atoms with Crippen LogP contribution in [0.25, 0.3) is 10.8 Å².